The fraction of sp³-hybridized carbons (Fsp3) is 0.500. The van der Waals surface area contributed by atoms with Crippen LogP contribution in [0.3, 0.4) is 0 Å². The van der Waals surface area contributed by atoms with Gasteiger partial charge in [-0.15, -0.1) is 0 Å². The summed E-state index contributed by atoms with van der Waals surface area (Å²) in [6.07, 6.45) is 6.22. The Morgan fingerprint density at radius 1 is 1.17 bits per heavy atom. The van der Waals surface area contributed by atoms with Crippen LogP contribution in [0.5, 0.6) is 0 Å². The average molecular weight is 246 g/mol. The minimum atomic E-state index is 0.405. The van der Waals surface area contributed by atoms with Crippen molar-refractivity contribution in [3.8, 4) is 0 Å². The van der Waals surface area contributed by atoms with E-state index in [1.807, 2.05) is 12.1 Å². The molecule has 0 bridgehead atoms. The number of hydrogen-bond acceptors (Lipinski definition) is 2. The average Bonchev–Trinajstić information content (AvgIpc) is 2.41. The molecular formula is C14H22N4. The summed E-state index contributed by atoms with van der Waals surface area (Å²) in [6, 6.07) is 8.60. The van der Waals surface area contributed by atoms with Gasteiger partial charge in [0.25, 0.3) is 0 Å². The van der Waals surface area contributed by atoms with Crippen molar-refractivity contribution < 1.29 is 0 Å². The van der Waals surface area contributed by atoms with Gasteiger partial charge < -0.3 is 5.32 Å². The Bertz CT molecular complexity index is 391. The molecule has 0 aromatic heterocycles. The first-order chi connectivity index (χ1) is 8.78. The number of guanidine groups is 1. The molecule has 1 saturated carbocycles. The lowest BCUT2D eigenvalue weighted by molar-refractivity contribution is 0.442. The molecule has 0 radical (unpaired) electrons. The molecule has 0 amide bonds. The predicted octanol–water partition coefficient (Wildman–Crippen LogP) is 2.56. The first-order valence-electron chi connectivity index (χ1n) is 6.66. The van der Waals surface area contributed by atoms with Gasteiger partial charge in [0.15, 0.2) is 0 Å². The van der Waals surface area contributed by atoms with E-state index in [9.17, 15) is 0 Å². The minimum absolute atomic E-state index is 0.405. The molecule has 0 atom stereocenters. The smallest absolute Gasteiger partial charge is 0.210 e. The van der Waals surface area contributed by atoms with E-state index in [-0.39, 0.29) is 0 Å². The first kappa shape index (κ1) is 12.9. The third-order valence-corrected chi connectivity index (χ3v) is 3.34. The molecule has 1 aromatic rings. The summed E-state index contributed by atoms with van der Waals surface area (Å²) in [5, 5.41) is 3.22. The van der Waals surface area contributed by atoms with Gasteiger partial charge in [-0.2, -0.15) is 0 Å². The lowest BCUT2D eigenvalue weighted by atomic mass is 9.96. The molecule has 4 heteroatoms. The predicted molar refractivity (Wildman–Crippen MR) is 76.4 cm³/mol. The SMILES string of the molecule is Cc1ccc(NC(=NC2CCCCC2)NN)cc1. The number of aryl methyl sites for hydroxylation is 1. The molecule has 1 fully saturated rings. The number of nitrogens with two attached hydrogens (primary N) is 1. The monoisotopic (exact) mass is 246 g/mol. The zero-order valence-corrected chi connectivity index (χ0v) is 10.9. The van der Waals surface area contributed by atoms with Crippen molar-refractivity contribution in [2.75, 3.05) is 5.32 Å². The number of nitrogens with one attached hydrogen (secondary N) is 2. The highest BCUT2D eigenvalue weighted by Crippen LogP contribution is 2.20. The first-order valence-corrected chi connectivity index (χ1v) is 6.66. The van der Waals surface area contributed by atoms with E-state index in [0.717, 1.165) is 5.69 Å². The number of rotatable bonds is 2. The molecule has 0 heterocycles. The Balaban J connectivity index is 1.99. The van der Waals surface area contributed by atoms with Gasteiger partial charge in [0.2, 0.25) is 5.96 Å². The highest BCUT2D eigenvalue weighted by atomic mass is 15.3. The van der Waals surface area contributed by atoms with Gasteiger partial charge in [0.05, 0.1) is 6.04 Å². The van der Waals surface area contributed by atoms with Crippen molar-refractivity contribution >= 4 is 11.6 Å². The molecule has 1 aliphatic carbocycles. The second-order valence-electron chi connectivity index (χ2n) is 4.90. The van der Waals surface area contributed by atoms with E-state index in [1.165, 1.54) is 37.7 Å². The van der Waals surface area contributed by atoms with Gasteiger partial charge in [-0.25, -0.2) is 10.8 Å². The summed E-state index contributed by atoms with van der Waals surface area (Å²) in [5.41, 5.74) is 4.90. The highest BCUT2D eigenvalue weighted by molar-refractivity contribution is 5.93. The maximum atomic E-state index is 5.52. The van der Waals surface area contributed by atoms with Crippen LogP contribution in [-0.2, 0) is 0 Å². The number of hydrazine groups is 1. The topological polar surface area (TPSA) is 62.4 Å². The molecule has 1 aromatic carbocycles. The van der Waals surface area contributed by atoms with Crippen molar-refractivity contribution in [2.24, 2.45) is 10.8 Å². The number of anilines is 1. The Morgan fingerprint density at radius 3 is 2.44 bits per heavy atom. The van der Waals surface area contributed by atoms with Gasteiger partial charge in [0.1, 0.15) is 0 Å². The summed E-state index contributed by atoms with van der Waals surface area (Å²) in [7, 11) is 0. The molecule has 0 unspecified atom stereocenters. The van der Waals surface area contributed by atoms with Crippen LogP contribution in [0.4, 0.5) is 5.69 Å². The molecule has 98 valence electrons. The Hall–Kier alpha value is -1.55. The molecule has 4 N–H and O–H groups in total. The van der Waals surface area contributed by atoms with E-state index in [4.69, 9.17) is 5.84 Å². The van der Waals surface area contributed by atoms with Crippen LogP contribution in [0.1, 0.15) is 37.7 Å². The third kappa shape index (κ3) is 3.74. The highest BCUT2D eigenvalue weighted by Gasteiger charge is 2.12. The molecule has 0 saturated heterocycles. The fourth-order valence-electron chi connectivity index (χ4n) is 2.27. The maximum absolute atomic E-state index is 5.52. The number of nitrogens with zero attached hydrogens (tertiary/aromatic N) is 1. The summed E-state index contributed by atoms with van der Waals surface area (Å²) < 4.78 is 0. The van der Waals surface area contributed by atoms with E-state index in [2.05, 4.69) is 34.8 Å². The zero-order valence-electron chi connectivity index (χ0n) is 10.9. The molecule has 18 heavy (non-hydrogen) atoms. The zero-order chi connectivity index (χ0) is 12.8. The Labute approximate surface area is 109 Å². The van der Waals surface area contributed by atoms with E-state index < -0.39 is 0 Å². The van der Waals surface area contributed by atoms with Gasteiger partial charge in [-0.05, 0) is 31.9 Å². The van der Waals surface area contributed by atoms with E-state index in [1.54, 1.807) is 0 Å². The molecule has 0 aliphatic heterocycles. The van der Waals surface area contributed by atoms with Crippen LogP contribution in [0.2, 0.25) is 0 Å². The molecule has 0 spiro atoms. The minimum Gasteiger partial charge on any atom is -0.325 e. The fourth-order valence-corrected chi connectivity index (χ4v) is 2.27. The number of benzene rings is 1. The standard InChI is InChI=1S/C14H22N4/c1-11-7-9-13(10-8-11)17-14(18-15)16-12-5-3-2-4-6-12/h7-10,12H,2-6,15H2,1H3,(H2,16,17,18). The largest absolute Gasteiger partial charge is 0.325 e. The lowest BCUT2D eigenvalue weighted by Gasteiger charge is -2.19. The van der Waals surface area contributed by atoms with Gasteiger partial charge in [0, 0.05) is 5.69 Å². The summed E-state index contributed by atoms with van der Waals surface area (Å²) in [5.74, 6) is 6.18. The van der Waals surface area contributed by atoms with Crippen molar-refractivity contribution in [1.29, 1.82) is 0 Å². The quantitative estimate of drug-likeness (QED) is 0.325. The lowest BCUT2D eigenvalue weighted by Crippen LogP contribution is -2.37. The third-order valence-electron chi connectivity index (χ3n) is 3.34. The molecule has 2 rings (SSSR count). The van der Waals surface area contributed by atoms with Crippen LogP contribution in [0, 0.1) is 6.92 Å². The van der Waals surface area contributed by atoms with Crippen LogP contribution >= 0.6 is 0 Å². The molecular weight excluding hydrogens is 224 g/mol. The second-order valence-corrected chi connectivity index (χ2v) is 4.90. The van der Waals surface area contributed by atoms with Crippen molar-refractivity contribution in [1.82, 2.24) is 5.43 Å². The Kier molecular flexibility index (Phi) is 4.59. The van der Waals surface area contributed by atoms with Gasteiger partial charge in [-0.1, -0.05) is 37.0 Å². The Morgan fingerprint density at radius 2 is 1.83 bits per heavy atom. The van der Waals surface area contributed by atoms with Crippen molar-refractivity contribution in [2.45, 2.75) is 45.1 Å². The van der Waals surface area contributed by atoms with Crippen LogP contribution in [-0.4, -0.2) is 12.0 Å². The maximum Gasteiger partial charge on any atom is 0.210 e. The number of hydrogen-bond donors (Lipinski definition) is 3. The van der Waals surface area contributed by atoms with Crippen molar-refractivity contribution in [3.05, 3.63) is 29.8 Å². The van der Waals surface area contributed by atoms with Crippen LogP contribution in [0.15, 0.2) is 29.3 Å². The normalized spacial score (nSPS) is 17.6. The summed E-state index contributed by atoms with van der Waals surface area (Å²) in [6.45, 7) is 2.07. The van der Waals surface area contributed by atoms with Crippen LogP contribution in [0.25, 0.3) is 0 Å². The van der Waals surface area contributed by atoms with Gasteiger partial charge in [-0.3, -0.25) is 5.43 Å². The summed E-state index contributed by atoms with van der Waals surface area (Å²) in [4.78, 5) is 4.64. The van der Waals surface area contributed by atoms with Crippen molar-refractivity contribution in [3.63, 3.8) is 0 Å². The molecule has 4 nitrogen and oxygen atoms in total. The second kappa shape index (κ2) is 6.40. The van der Waals surface area contributed by atoms with E-state index in [0.29, 0.717) is 12.0 Å². The summed E-state index contributed by atoms with van der Waals surface area (Å²) >= 11 is 0. The van der Waals surface area contributed by atoms with E-state index >= 15 is 0 Å². The van der Waals surface area contributed by atoms with Crippen LogP contribution < -0.4 is 16.6 Å². The number of aliphatic imine (C=N–C) groups is 1. The molecule has 1 aliphatic rings. The van der Waals surface area contributed by atoms with Gasteiger partial charge >= 0.3 is 0 Å².